The van der Waals surface area contributed by atoms with Crippen LogP contribution in [0.5, 0.6) is 0 Å². The molecule has 1 atom stereocenters. The summed E-state index contributed by atoms with van der Waals surface area (Å²) in [4.78, 5) is 4.58. The van der Waals surface area contributed by atoms with Crippen LogP contribution in [-0.4, -0.2) is 34.5 Å². The summed E-state index contributed by atoms with van der Waals surface area (Å²) < 4.78 is 12.0. The van der Waals surface area contributed by atoms with Crippen molar-refractivity contribution >= 4 is 12.7 Å². The van der Waals surface area contributed by atoms with Crippen LogP contribution in [0.1, 0.15) is 45.9 Å². The van der Waals surface area contributed by atoms with Gasteiger partial charge in [0, 0.05) is 12.1 Å². The van der Waals surface area contributed by atoms with E-state index in [9.17, 15) is 5.11 Å². The Kier molecular flexibility index (Phi) is 3.97. The highest BCUT2D eigenvalue weighted by molar-refractivity contribution is 6.61. The minimum atomic E-state index is -0.451. The van der Waals surface area contributed by atoms with Crippen molar-refractivity contribution in [1.82, 2.24) is 4.98 Å². The molecule has 0 aliphatic carbocycles. The van der Waals surface area contributed by atoms with E-state index in [2.05, 4.69) is 4.98 Å². The van der Waals surface area contributed by atoms with E-state index < -0.39 is 13.2 Å². The zero-order valence-electron chi connectivity index (χ0n) is 13.2. The Morgan fingerprint density at radius 3 is 2.25 bits per heavy atom. The summed E-state index contributed by atoms with van der Waals surface area (Å²) in [5, 5.41) is 9.52. The van der Waals surface area contributed by atoms with E-state index in [4.69, 9.17) is 9.31 Å². The lowest BCUT2D eigenvalue weighted by Gasteiger charge is -2.32. The van der Waals surface area contributed by atoms with Crippen molar-refractivity contribution in [3.63, 3.8) is 0 Å². The Labute approximate surface area is 121 Å². The number of aromatic nitrogens is 1. The normalized spacial score (nSPS) is 22.1. The van der Waals surface area contributed by atoms with Gasteiger partial charge in [-0.2, -0.15) is 0 Å². The SMILES string of the molecule is Cc1cc(CC(C)O)nc(B2OC(C)(C)C(C)(C)O2)c1. The summed E-state index contributed by atoms with van der Waals surface area (Å²) in [5.74, 6) is 0. The lowest BCUT2D eigenvalue weighted by Crippen LogP contribution is -2.41. The Balaban J connectivity index is 2.28. The number of aliphatic hydroxyl groups is 1. The van der Waals surface area contributed by atoms with Crippen LogP contribution in [0.3, 0.4) is 0 Å². The quantitative estimate of drug-likeness (QED) is 0.853. The molecule has 1 aromatic heterocycles. The predicted octanol–water partition coefficient (Wildman–Crippen LogP) is 1.61. The van der Waals surface area contributed by atoms with Gasteiger partial charge >= 0.3 is 7.12 Å². The third-order valence-corrected chi connectivity index (χ3v) is 4.04. The van der Waals surface area contributed by atoms with Crippen LogP contribution in [0.2, 0.25) is 0 Å². The minimum absolute atomic E-state index is 0.368. The zero-order valence-corrected chi connectivity index (χ0v) is 13.2. The molecule has 1 unspecified atom stereocenters. The van der Waals surface area contributed by atoms with Crippen molar-refractivity contribution in [2.45, 2.75) is 65.3 Å². The first-order valence-corrected chi connectivity index (χ1v) is 7.12. The van der Waals surface area contributed by atoms with Crippen molar-refractivity contribution in [3.8, 4) is 0 Å². The fourth-order valence-electron chi connectivity index (χ4n) is 2.26. The smallest absolute Gasteiger partial charge is 0.398 e. The minimum Gasteiger partial charge on any atom is -0.398 e. The zero-order chi connectivity index (χ0) is 15.1. The molecule has 110 valence electrons. The summed E-state index contributed by atoms with van der Waals surface area (Å²) >= 11 is 0. The second-order valence-corrected chi connectivity index (χ2v) is 6.70. The maximum Gasteiger partial charge on any atom is 0.514 e. The monoisotopic (exact) mass is 277 g/mol. The fraction of sp³-hybridized carbons (Fsp3) is 0.667. The Morgan fingerprint density at radius 2 is 1.75 bits per heavy atom. The molecule has 1 N–H and O–H groups in total. The van der Waals surface area contributed by atoms with Gasteiger partial charge in [-0.3, -0.25) is 4.98 Å². The van der Waals surface area contributed by atoms with Crippen molar-refractivity contribution in [2.75, 3.05) is 0 Å². The second kappa shape index (κ2) is 5.13. The first-order valence-electron chi connectivity index (χ1n) is 7.12. The molecule has 1 aliphatic heterocycles. The van der Waals surface area contributed by atoms with Gasteiger partial charge in [0.2, 0.25) is 0 Å². The molecule has 2 heterocycles. The summed E-state index contributed by atoms with van der Waals surface area (Å²) in [6.45, 7) is 11.9. The molecule has 1 aliphatic rings. The van der Waals surface area contributed by atoms with Crippen molar-refractivity contribution in [1.29, 1.82) is 0 Å². The van der Waals surface area contributed by atoms with Gasteiger partial charge in [0.1, 0.15) is 0 Å². The van der Waals surface area contributed by atoms with Crippen molar-refractivity contribution in [2.24, 2.45) is 0 Å². The summed E-state index contributed by atoms with van der Waals surface area (Å²) in [5.41, 5.74) is 2.01. The third kappa shape index (κ3) is 3.05. The first-order chi connectivity index (χ1) is 9.10. The van der Waals surface area contributed by atoms with Gasteiger partial charge in [0.25, 0.3) is 0 Å². The number of nitrogens with zero attached hydrogens (tertiary/aromatic N) is 1. The molecule has 20 heavy (non-hydrogen) atoms. The average Bonchev–Trinajstić information content (AvgIpc) is 2.46. The van der Waals surface area contributed by atoms with Gasteiger partial charge in [-0.25, -0.2) is 0 Å². The van der Waals surface area contributed by atoms with Gasteiger partial charge in [-0.05, 0) is 59.2 Å². The largest absolute Gasteiger partial charge is 0.514 e. The van der Waals surface area contributed by atoms with Gasteiger partial charge in [-0.15, -0.1) is 0 Å². The molecule has 2 rings (SSSR count). The molecule has 1 fully saturated rings. The van der Waals surface area contributed by atoms with Crippen molar-refractivity contribution in [3.05, 3.63) is 23.4 Å². The molecule has 0 bridgehead atoms. The standard InChI is InChI=1S/C15H24BNO3/c1-10-7-12(9-11(2)18)17-13(8-10)16-19-14(3,4)15(5,6)20-16/h7-8,11,18H,9H2,1-6H3. The van der Waals surface area contributed by atoms with Crippen LogP contribution in [0.15, 0.2) is 12.1 Å². The van der Waals surface area contributed by atoms with E-state index in [1.807, 2.05) is 46.8 Å². The predicted molar refractivity (Wildman–Crippen MR) is 80.1 cm³/mol. The number of aliphatic hydroxyl groups excluding tert-OH is 1. The first kappa shape index (κ1) is 15.5. The topological polar surface area (TPSA) is 51.6 Å². The number of rotatable bonds is 3. The van der Waals surface area contributed by atoms with Crippen LogP contribution in [0, 0.1) is 6.92 Å². The Bertz CT molecular complexity index is 484. The van der Waals surface area contributed by atoms with Crippen LogP contribution in [0.4, 0.5) is 0 Å². The average molecular weight is 277 g/mol. The van der Waals surface area contributed by atoms with Crippen molar-refractivity contribution < 1.29 is 14.4 Å². The molecule has 0 aromatic carbocycles. The molecule has 1 aromatic rings. The van der Waals surface area contributed by atoms with Gasteiger partial charge in [0.05, 0.1) is 22.9 Å². The summed E-state index contributed by atoms with van der Waals surface area (Å²) in [6, 6.07) is 3.97. The molecule has 1 saturated heterocycles. The molecule has 0 amide bonds. The number of aryl methyl sites for hydroxylation is 1. The van der Waals surface area contributed by atoms with E-state index >= 15 is 0 Å². The van der Waals surface area contributed by atoms with E-state index in [1.165, 1.54) is 0 Å². The lowest BCUT2D eigenvalue weighted by atomic mass is 9.83. The van der Waals surface area contributed by atoms with Gasteiger partial charge in [-0.1, -0.05) is 0 Å². The summed E-state index contributed by atoms with van der Waals surface area (Å²) in [6.07, 6.45) is 0.129. The van der Waals surface area contributed by atoms with Gasteiger partial charge < -0.3 is 14.4 Å². The third-order valence-electron chi connectivity index (χ3n) is 4.04. The number of pyridine rings is 1. The molecule has 5 heteroatoms. The highest BCUT2D eigenvalue weighted by atomic mass is 16.7. The lowest BCUT2D eigenvalue weighted by molar-refractivity contribution is 0.00578. The van der Waals surface area contributed by atoms with Crippen LogP contribution < -0.4 is 5.59 Å². The number of hydrogen-bond acceptors (Lipinski definition) is 4. The molecule has 0 spiro atoms. The summed E-state index contributed by atoms with van der Waals surface area (Å²) in [7, 11) is -0.451. The van der Waals surface area contributed by atoms with E-state index in [1.54, 1.807) is 6.92 Å². The molecule has 0 saturated carbocycles. The maximum absolute atomic E-state index is 9.52. The van der Waals surface area contributed by atoms with E-state index in [0.717, 1.165) is 16.9 Å². The van der Waals surface area contributed by atoms with E-state index in [-0.39, 0.29) is 11.2 Å². The highest BCUT2D eigenvalue weighted by Gasteiger charge is 2.52. The second-order valence-electron chi connectivity index (χ2n) is 6.70. The van der Waals surface area contributed by atoms with E-state index in [0.29, 0.717) is 6.42 Å². The molecule has 4 nitrogen and oxygen atoms in total. The molecular weight excluding hydrogens is 253 g/mol. The van der Waals surface area contributed by atoms with Crippen LogP contribution >= 0.6 is 0 Å². The number of hydrogen-bond donors (Lipinski definition) is 1. The Hall–Kier alpha value is -0.905. The van der Waals surface area contributed by atoms with Crippen LogP contribution in [-0.2, 0) is 15.7 Å². The fourth-order valence-corrected chi connectivity index (χ4v) is 2.26. The highest BCUT2D eigenvalue weighted by Crippen LogP contribution is 2.36. The molecule has 0 radical (unpaired) electrons. The Morgan fingerprint density at radius 1 is 1.20 bits per heavy atom. The maximum atomic E-state index is 9.52. The van der Waals surface area contributed by atoms with Crippen LogP contribution in [0.25, 0.3) is 0 Å². The van der Waals surface area contributed by atoms with Gasteiger partial charge in [0.15, 0.2) is 0 Å². The molecular formula is C15H24BNO3.